The van der Waals surface area contributed by atoms with E-state index in [-0.39, 0.29) is 11.7 Å². The van der Waals surface area contributed by atoms with Crippen LogP contribution in [0.15, 0.2) is 35.3 Å². The largest absolute Gasteiger partial charge is 0.437 e. The fraction of sp³-hybridized carbons (Fsp3) is 0.562. The van der Waals surface area contributed by atoms with E-state index in [0.29, 0.717) is 38.5 Å². The van der Waals surface area contributed by atoms with Gasteiger partial charge in [0.2, 0.25) is 5.72 Å². The summed E-state index contributed by atoms with van der Waals surface area (Å²) < 4.78 is 45.7. The first-order valence-corrected chi connectivity index (χ1v) is 9.02. The van der Waals surface area contributed by atoms with Gasteiger partial charge in [-0.15, -0.1) is 0 Å². The van der Waals surface area contributed by atoms with E-state index in [1.165, 1.54) is 0 Å². The van der Waals surface area contributed by atoms with Crippen LogP contribution in [0.1, 0.15) is 0 Å². The summed E-state index contributed by atoms with van der Waals surface area (Å²) in [4.78, 5) is 7.33. The van der Waals surface area contributed by atoms with Gasteiger partial charge < -0.3 is 14.7 Å². The lowest BCUT2D eigenvalue weighted by Crippen LogP contribution is -2.59. The second kappa shape index (κ2) is 7.53. The number of nitrogens with zero attached hydrogens (tertiary/aromatic N) is 3. The molecule has 5 nitrogen and oxygen atoms in total. The Kier molecular flexibility index (Phi) is 5.57. The molecule has 0 radical (unpaired) electrons. The molecule has 25 heavy (non-hydrogen) atoms. The van der Waals surface area contributed by atoms with Crippen molar-refractivity contribution in [1.82, 2.24) is 9.80 Å². The molecule has 138 valence electrons. The van der Waals surface area contributed by atoms with Gasteiger partial charge in [0.1, 0.15) is 0 Å². The number of hydrogen-bond acceptors (Lipinski definition) is 5. The first kappa shape index (κ1) is 18.5. The number of ether oxygens (including phenoxy) is 1. The standard InChI is InChI=1S/C16H20F3N3O2S/c17-16(18,19)15(23)12-25-14(20-13-4-2-1-3-5-13)22(15)7-6-21-8-10-24-11-9-21/h1-5,23H,6-12H2. The Morgan fingerprint density at radius 2 is 1.84 bits per heavy atom. The third-order valence-corrected chi connectivity index (χ3v) is 5.38. The monoisotopic (exact) mass is 375 g/mol. The maximum atomic E-state index is 13.5. The summed E-state index contributed by atoms with van der Waals surface area (Å²) in [7, 11) is 0. The van der Waals surface area contributed by atoms with Gasteiger partial charge in [-0.05, 0) is 12.1 Å². The highest BCUT2D eigenvalue weighted by Gasteiger charge is 2.62. The highest BCUT2D eigenvalue weighted by molar-refractivity contribution is 8.14. The molecule has 0 aromatic heterocycles. The van der Waals surface area contributed by atoms with Crippen molar-refractivity contribution in [3.8, 4) is 0 Å². The van der Waals surface area contributed by atoms with Gasteiger partial charge in [-0.25, -0.2) is 4.99 Å². The Morgan fingerprint density at radius 1 is 1.16 bits per heavy atom. The topological polar surface area (TPSA) is 48.3 Å². The molecule has 1 N–H and O–H groups in total. The second-order valence-corrected chi connectivity index (χ2v) is 6.88. The lowest BCUT2D eigenvalue weighted by molar-refractivity contribution is -0.289. The Bertz CT molecular complexity index is 608. The molecule has 0 bridgehead atoms. The number of alkyl halides is 3. The summed E-state index contributed by atoms with van der Waals surface area (Å²) in [6, 6.07) is 8.80. The van der Waals surface area contributed by atoms with Crippen molar-refractivity contribution in [2.45, 2.75) is 11.9 Å². The number of thioether (sulfide) groups is 1. The second-order valence-electron chi connectivity index (χ2n) is 5.94. The van der Waals surface area contributed by atoms with Crippen LogP contribution in [0.5, 0.6) is 0 Å². The van der Waals surface area contributed by atoms with Gasteiger partial charge in [-0.2, -0.15) is 13.2 Å². The van der Waals surface area contributed by atoms with Crippen LogP contribution < -0.4 is 0 Å². The Morgan fingerprint density at radius 3 is 2.48 bits per heavy atom. The zero-order valence-electron chi connectivity index (χ0n) is 13.6. The first-order chi connectivity index (χ1) is 11.9. The number of rotatable bonds is 4. The summed E-state index contributed by atoms with van der Waals surface area (Å²) in [5.74, 6) is -0.481. The molecule has 0 amide bonds. The summed E-state index contributed by atoms with van der Waals surface area (Å²) in [5.41, 5.74) is -2.33. The van der Waals surface area contributed by atoms with Crippen LogP contribution in [0, 0.1) is 0 Å². The molecule has 2 heterocycles. The minimum absolute atomic E-state index is 0.0503. The average Bonchev–Trinajstić information content (AvgIpc) is 2.92. The van der Waals surface area contributed by atoms with Crippen LogP contribution in [0.2, 0.25) is 0 Å². The van der Waals surface area contributed by atoms with Gasteiger partial charge in [-0.1, -0.05) is 30.0 Å². The lowest BCUT2D eigenvalue weighted by atomic mass is 10.2. The molecule has 9 heteroatoms. The van der Waals surface area contributed by atoms with E-state index in [2.05, 4.69) is 4.99 Å². The van der Waals surface area contributed by atoms with E-state index in [1.807, 2.05) is 11.0 Å². The molecule has 0 spiro atoms. The quantitative estimate of drug-likeness (QED) is 0.875. The summed E-state index contributed by atoms with van der Waals surface area (Å²) in [5, 5.41) is 10.5. The Hall–Kier alpha value is -1.29. The SMILES string of the molecule is OC1(C(F)(F)F)CSC(=Nc2ccccc2)N1CCN1CCOCC1. The van der Waals surface area contributed by atoms with E-state index in [1.54, 1.807) is 24.3 Å². The summed E-state index contributed by atoms with van der Waals surface area (Å²) in [6.07, 6.45) is -4.75. The van der Waals surface area contributed by atoms with Crippen LogP contribution >= 0.6 is 11.8 Å². The van der Waals surface area contributed by atoms with E-state index in [4.69, 9.17) is 4.74 Å². The third kappa shape index (κ3) is 4.11. The van der Waals surface area contributed by atoms with Crippen molar-refractivity contribution in [3.63, 3.8) is 0 Å². The molecule has 2 saturated heterocycles. The third-order valence-electron chi connectivity index (χ3n) is 4.26. The number of amidine groups is 1. The van der Waals surface area contributed by atoms with E-state index in [9.17, 15) is 18.3 Å². The average molecular weight is 375 g/mol. The van der Waals surface area contributed by atoms with Crippen molar-refractivity contribution >= 4 is 22.6 Å². The first-order valence-electron chi connectivity index (χ1n) is 8.03. The van der Waals surface area contributed by atoms with Crippen molar-refractivity contribution in [1.29, 1.82) is 0 Å². The minimum Gasteiger partial charge on any atom is -0.379 e. The van der Waals surface area contributed by atoms with Crippen LogP contribution in [0.4, 0.5) is 18.9 Å². The predicted molar refractivity (Wildman–Crippen MR) is 91.0 cm³/mol. The van der Waals surface area contributed by atoms with Gasteiger partial charge in [0.15, 0.2) is 5.17 Å². The number of halogens is 3. The van der Waals surface area contributed by atoms with Gasteiger partial charge >= 0.3 is 6.18 Å². The molecular weight excluding hydrogens is 355 g/mol. The number of para-hydroxylation sites is 1. The van der Waals surface area contributed by atoms with Crippen LogP contribution in [-0.4, -0.2) is 77.1 Å². The maximum Gasteiger partial charge on any atom is 0.437 e. The molecule has 1 atom stereocenters. The van der Waals surface area contributed by atoms with Gasteiger partial charge in [0.05, 0.1) is 24.7 Å². The molecule has 2 aliphatic heterocycles. The van der Waals surface area contributed by atoms with E-state index >= 15 is 0 Å². The molecular formula is C16H20F3N3O2S. The van der Waals surface area contributed by atoms with Crippen molar-refractivity contribution < 1.29 is 23.0 Å². The number of morpholine rings is 1. The van der Waals surface area contributed by atoms with E-state index in [0.717, 1.165) is 16.7 Å². The summed E-state index contributed by atoms with van der Waals surface area (Å²) in [6.45, 7) is 2.96. The number of benzene rings is 1. The fourth-order valence-corrected chi connectivity index (χ4v) is 3.98. The Labute approximate surface area is 148 Å². The molecule has 3 rings (SSSR count). The molecule has 1 unspecified atom stereocenters. The van der Waals surface area contributed by atoms with Crippen LogP contribution in [0.25, 0.3) is 0 Å². The highest BCUT2D eigenvalue weighted by Crippen LogP contribution is 2.43. The molecule has 0 saturated carbocycles. The summed E-state index contributed by atoms with van der Waals surface area (Å²) >= 11 is 0.928. The van der Waals surface area contributed by atoms with Gasteiger partial charge in [0, 0.05) is 26.2 Å². The molecule has 2 fully saturated rings. The fourth-order valence-electron chi connectivity index (χ4n) is 2.77. The van der Waals surface area contributed by atoms with Crippen molar-refractivity contribution in [3.05, 3.63) is 30.3 Å². The van der Waals surface area contributed by atoms with Crippen LogP contribution in [-0.2, 0) is 4.74 Å². The zero-order valence-corrected chi connectivity index (χ0v) is 14.4. The molecule has 2 aliphatic rings. The molecule has 0 aliphatic carbocycles. The minimum atomic E-state index is -4.75. The predicted octanol–water partition coefficient (Wildman–Crippen LogP) is 2.31. The molecule has 1 aromatic rings. The maximum absolute atomic E-state index is 13.5. The van der Waals surface area contributed by atoms with E-state index < -0.39 is 17.7 Å². The highest BCUT2D eigenvalue weighted by atomic mass is 32.2. The smallest absolute Gasteiger partial charge is 0.379 e. The molecule has 1 aromatic carbocycles. The normalized spacial score (nSPS) is 27.2. The lowest BCUT2D eigenvalue weighted by Gasteiger charge is -2.37. The van der Waals surface area contributed by atoms with Crippen LogP contribution in [0.3, 0.4) is 0 Å². The number of hydrogen-bond donors (Lipinski definition) is 1. The van der Waals surface area contributed by atoms with Crippen molar-refractivity contribution in [2.24, 2.45) is 4.99 Å². The van der Waals surface area contributed by atoms with Gasteiger partial charge in [-0.3, -0.25) is 4.90 Å². The number of aliphatic hydroxyl groups is 1. The number of aliphatic imine (C=N–C) groups is 1. The zero-order chi connectivity index (χ0) is 17.9. The van der Waals surface area contributed by atoms with Crippen molar-refractivity contribution in [2.75, 3.05) is 45.1 Å². The van der Waals surface area contributed by atoms with Gasteiger partial charge in [0.25, 0.3) is 0 Å². The Balaban J connectivity index is 1.80.